The van der Waals surface area contributed by atoms with Crippen molar-refractivity contribution in [2.75, 3.05) is 18.5 Å². The quantitative estimate of drug-likeness (QED) is 0.457. The van der Waals surface area contributed by atoms with Gasteiger partial charge in [-0.05, 0) is 72.0 Å². The molecule has 3 aromatic rings. The summed E-state index contributed by atoms with van der Waals surface area (Å²) in [6, 6.07) is 13.3. The molecule has 0 unspecified atom stereocenters. The molecule has 2 N–H and O–H groups in total. The smallest absolute Gasteiger partial charge is 0.225 e. The van der Waals surface area contributed by atoms with Gasteiger partial charge in [-0.2, -0.15) is 11.3 Å². The Labute approximate surface area is 197 Å². The zero-order valence-electron chi connectivity index (χ0n) is 18.5. The molecule has 1 aliphatic heterocycles. The fourth-order valence-corrected chi connectivity index (χ4v) is 4.85. The zero-order chi connectivity index (χ0) is 23.2. The van der Waals surface area contributed by atoms with E-state index in [1.54, 1.807) is 35.6 Å². The van der Waals surface area contributed by atoms with Gasteiger partial charge in [0.25, 0.3) is 0 Å². The number of morpholine rings is 1. The van der Waals surface area contributed by atoms with Gasteiger partial charge in [-0.25, -0.2) is 8.78 Å². The van der Waals surface area contributed by atoms with Crippen molar-refractivity contribution in [1.82, 2.24) is 5.32 Å². The van der Waals surface area contributed by atoms with Gasteiger partial charge in [0.2, 0.25) is 5.91 Å². The van der Waals surface area contributed by atoms with Crippen LogP contribution in [0.4, 0.5) is 14.5 Å². The van der Waals surface area contributed by atoms with Crippen LogP contribution in [0.25, 0.3) is 0 Å². The SMILES string of the molecule is C[C@H]1CO[C@H](CCc2c(F)cccc2NC(=O)C[C@@H](c2ccc(F)cc2)c2ccsc2)CN1. The van der Waals surface area contributed by atoms with Crippen molar-refractivity contribution in [2.24, 2.45) is 0 Å². The average molecular weight is 471 g/mol. The van der Waals surface area contributed by atoms with E-state index in [0.717, 1.165) is 17.7 Å². The normalized spacial score (nSPS) is 19.2. The number of carbonyl (C=O) groups excluding carboxylic acids is 1. The lowest BCUT2D eigenvalue weighted by Gasteiger charge is -2.28. The maximum atomic E-state index is 14.7. The number of benzene rings is 2. The topological polar surface area (TPSA) is 50.4 Å². The third kappa shape index (κ3) is 6.25. The number of anilines is 1. The molecule has 0 spiro atoms. The van der Waals surface area contributed by atoms with Crippen molar-refractivity contribution in [3.8, 4) is 0 Å². The van der Waals surface area contributed by atoms with Crippen molar-refractivity contribution >= 4 is 22.9 Å². The van der Waals surface area contributed by atoms with Gasteiger partial charge in [0, 0.05) is 36.2 Å². The van der Waals surface area contributed by atoms with E-state index < -0.39 is 0 Å². The van der Waals surface area contributed by atoms with Crippen LogP contribution in [0.2, 0.25) is 0 Å². The molecular weight excluding hydrogens is 442 g/mol. The summed E-state index contributed by atoms with van der Waals surface area (Å²) in [5.74, 6) is -1.08. The van der Waals surface area contributed by atoms with Gasteiger partial charge in [-0.15, -0.1) is 0 Å². The van der Waals surface area contributed by atoms with Crippen molar-refractivity contribution in [3.63, 3.8) is 0 Å². The molecule has 7 heteroatoms. The van der Waals surface area contributed by atoms with E-state index in [-0.39, 0.29) is 36.0 Å². The fourth-order valence-electron chi connectivity index (χ4n) is 4.13. The second-order valence-corrected chi connectivity index (χ2v) is 9.26. The molecule has 1 saturated heterocycles. The standard InChI is InChI=1S/C26H28F2N2O2S/c1-17-15-32-21(14-29-17)9-10-22-24(28)3-2-4-25(22)30-26(31)13-23(19-11-12-33-16-19)18-5-7-20(27)8-6-18/h2-8,11-12,16-17,21,23,29H,9-10,13-15H2,1H3,(H,30,31)/t17-,21+,23-/m0/s1. The monoisotopic (exact) mass is 470 g/mol. The number of halogens is 2. The summed E-state index contributed by atoms with van der Waals surface area (Å²) < 4.78 is 33.9. The molecule has 4 rings (SSSR count). The van der Waals surface area contributed by atoms with Gasteiger partial charge in [0.05, 0.1) is 12.7 Å². The predicted molar refractivity (Wildman–Crippen MR) is 128 cm³/mol. The van der Waals surface area contributed by atoms with Gasteiger partial charge >= 0.3 is 0 Å². The van der Waals surface area contributed by atoms with E-state index in [0.29, 0.717) is 36.7 Å². The first-order valence-corrected chi connectivity index (χ1v) is 12.1. The molecule has 3 atom stereocenters. The number of amides is 1. The zero-order valence-corrected chi connectivity index (χ0v) is 19.3. The van der Waals surface area contributed by atoms with E-state index in [1.165, 1.54) is 18.2 Å². The summed E-state index contributed by atoms with van der Waals surface area (Å²) in [5, 5.41) is 10.2. The number of ether oxygens (including phenoxy) is 1. The van der Waals surface area contributed by atoms with Crippen LogP contribution in [-0.4, -0.2) is 31.2 Å². The molecule has 4 nitrogen and oxygen atoms in total. The van der Waals surface area contributed by atoms with Crippen LogP contribution in [-0.2, 0) is 16.0 Å². The number of carbonyl (C=O) groups is 1. The Hall–Kier alpha value is -2.61. The largest absolute Gasteiger partial charge is 0.375 e. The molecule has 2 aromatic carbocycles. The van der Waals surface area contributed by atoms with Crippen molar-refractivity contribution in [3.05, 3.63) is 87.6 Å². The van der Waals surface area contributed by atoms with E-state index >= 15 is 0 Å². The number of nitrogens with one attached hydrogen (secondary N) is 2. The third-order valence-electron chi connectivity index (χ3n) is 5.99. The van der Waals surface area contributed by atoms with Crippen molar-refractivity contribution < 1.29 is 18.3 Å². The Morgan fingerprint density at radius 2 is 2.00 bits per heavy atom. The lowest BCUT2D eigenvalue weighted by molar-refractivity contribution is -0.116. The van der Waals surface area contributed by atoms with Gasteiger partial charge < -0.3 is 15.4 Å². The van der Waals surface area contributed by atoms with Crippen molar-refractivity contribution in [1.29, 1.82) is 0 Å². The number of hydrogen-bond donors (Lipinski definition) is 2. The minimum atomic E-state index is -0.335. The molecule has 0 aliphatic carbocycles. The molecule has 1 fully saturated rings. The number of thiophene rings is 1. The molecule has 174 valence electrons. The third-order valence-corrected chi connectivity index (χ3v) is 6.69. The molecule has 33 heavy (non-hydrogen) atoms. The van der Waals surface area contributed by atoms with Gasteiger partial charge in [-0.3, -0.25) is 4.79 Å². The van der Waals surface area contributed by atoms with Crippen LogP contribution in [0.15, 0.2) is 59.3 Å². The Bertz CT molecular complexity index is 1050. The Morgan fingerprint density at radius 3 is 2.70 bits per heavy atom. The van der Waals surface area contributed by atoms with E-state index in [9.17, 15) is 13.6 Å². The fraction of sp³-hybridized carbons (Fsp3) is 0.346. The summed E-state index contributed by atoms with van der Waals surface area (Å²) >= 11 is 1.55. The van der Waals surface area contributed by atoms with Crippen LogP contribution in [0.1, 0.15) is 42.4 Å². The highest BCUT2D eigenvalue weighted by atomic mass is 32.1. The maximum Gasteiger partial charge on any atom is 0.225 e. The lowest BCUT2D eigenvalue weighted by Crippen LogP contribution is -2.44. The summed E-state index contributed by atoms with van der Waals surface area (Å²) in [6.45, 7) is 3.44. The summed E-state index contributed by atoms with van der Waals surface area (Å²) in [4.78, 5) is 13.0. The Balaban J connectivity index is 1.46. The highest BCUT2D eigenvalue weighted by molar-refractivity contribution is 7.08. The molecule has 1 amide bonds. The van der Waals surface area contributed by atoms with Gasteiger partial charge in [0.15, 0.2) is 0 Å². The number of rotatable bonds is 8. The second-order valence-electron chi connectivity index (χ2n) is 8.48. The van der Waals surface area contributed by atoms with Crippen LogP contribution in [0.3, 0.4) is 0 Å². The second kappa shape index (κ2) is 11.0. The van der Waals surface area contributed by atoms with Crippen LogP contribution in [0.5, 0.6) is 0 Å². The summed E-state index contributed by atoms with van der Waals surface area (Å²) in [5.41, 5.74) is 2.83. The summed E-state index contributed by atoms with van der Waals surface area (Å²) in [6.07, 6.45) is 1.32. The first-order chi connectivity index (χ1) is 16.0. The molecule has 1 aliphatic rings. The van der Waals surface area contributed by atoms with Crippen LogP contribution >= 0.6 is 11.3 Å². The van der Waals surface area contributed by atoms with Crippen LogP contribution in [0, 0.1) is 11.6 Å². The molecule has 0 saturated carbocycles. The van der Waals surface area contributed by atoms with E-state index in [1.807, 2.05) is 16.8 Å². The molecule has 2 heterocycles. The average Bonchev–Trinajstić information content (AvgIpc) is 3.34. The highest BCUT2D eigenvalue weighted by Gasteiger charge is 2.22. The van der Waals surface area contributed by atoms with E-state index in [2.05, 4.69) is 17.6 Å². The maximum absolute atomic E-state index is 14.7. The Kier molecular flexibility index (Phi) is 7.85. The molecule has 0 radical (unpaired) electrons. The lowest BCUT2D eigenvalue weighted by atomic mass is 9.90. The summed E-state index contributed by atoms with van der Waals surface area (Å²) in [7, 11) is 0. The first kappa shape index (κ1) is 23.5. The molecule has 0 bridgehead atoms. The van der Waals surface area contributed by atoms with Gasteiger partial charge in [-0.1, -0.05) is 18.2 Å². The van der Waals surface area contributed by atoms with Crippen molar-refractivity contribution in [2.45, 2.75) is 44.2 Å². The minimum Gasteiger partial charge on any atom is -0.375 e. The Morgan fingerprint density at radius 1 is 1.18 bits per heavy atom. The van der Waals surface area contributed by atoms with Crippen LogP contribution < -0.4 is 10.6 Å². The first-order valence-electron chi connectivity index (χ1n) is 11.2. The van der Waals surface area contributed by atoms with Gasteiger partial charge in [0.1, 0.15) is 11.6 Å². The van der Waals surface area contributed by atoms with E-state index in [4.69, 9.17) is 4.74 Å². The molecular formula is C26H28F2N2O2S. The number of hydrogen-bond acceptors (Lipinski definition) is 4. The minimum absolute atomic E-state index is 0.0193. The molecule has 1 aromatic heterocycles. The predicted octanol–water partition coefficient (Wildman–Crippen LogP) is 5.50. The highest BCUT2D eigenvalue weighted by Crippen LogP contribution is 2.31.